The second kappa shape index (κ2) is 6.43. The van der Waals surface area contributed by atoms with Gasteiger partial charge in [-0.05, 0) is 5.92 Å². The number of ether oxygens (including phenoxy) is 1. The van der Waals surface area contributed by atoms with Crippen molar-refractivity contribution >= 4 is 0 Å². The van der Waals surface area contributed by atoms with E-state index in [1.165, 1.54) is 0 Å². The van der Waals surface area contributed by atoms with Crippen molar-refractivity contribution < 1.29 is 14.9 Å². The number of aliphatic hydroxyl groups excluding tert-OH is 2. The van der Waals surface area contributed by atoms with Gasteiger partial charge in [-0.25, -0.2) is 0 Å². The smallest absolute Gasteiger partial charge is 0.0948 e. The van der Waals surface area contributed by atoms with E-state index >= 15 is 0 Å². The summed E-state index contributed by atoms with van der Waals surface area (Å²) in [5.74, 6) is 0.344. The summed E-state index contributed by atoms with van der Waals surface area (Å²) in [7, 11) is 0. The predicted octanol–water partition coefficient (Wildman–Crippen LogP) is 0.133. The lowest BCUT2D eigenvalue weighted by Crippen LogP contribution is -2.44. The summed E-state index contributed by atoms with van der Waals surface area (Å²) in [5.41, 5.74) is 0. The van der Waals surface area contributed by atoms with Gasteiger partial charge < -0.3 is 20.3 Å². The van der Waals surface area contributed by atoms with E-state index in [0.29, 0.717) is 25.7 Å². The minimum Gasteiger partial charge on any atom is -0.392 e. The van der Waals surface area contributed by atoms with E-state index in [0.717, 1.165) is 12.8 Å². The van der Waals surface area contributed by atoms with Crippen LogP contribution in [0.2, 0.25) is 0 Å². The number of rotatable bonds is 6. The Labute approximate surface area is 91.6 Å². The van der Waals surface area contributed by atoms with Gasteiger partial charge in [0.15, 0.2) is 0 Å². The summed E-state index contributed by atoms with van der Waals surface area (Å²) in [5, 5.41) is 22.5. The first kappa shape index (κ1) is 12.9. The van der Waals surface area contributed by atoms with Gasteiger partial charge in [-0.2, -0.15) is 0 Å². The highest BCUT2D eigenvalue weighted by Gasteiger charge is 2.26. The number of hydrogen-bond donors (Lipinski definition) is 3. The molecule has 4 nitrogen and oxygen atoms in total. The van der Waals surface area contributed by atoms with E-state index in [2.05, 4.69) is 19.2 Å². The quantitative estimate of drug-likeness (QED) is 0.592. The third kappa shape index (κ3) is 3.72. The topological polar surface area (TPSA) is 61.7 Å². The zero-order valence-corrected chi connectivity index (χ0v) is 9.65. The largest absolute Gasteiger partial charge is 0.392 e. The molecule has 0 amide bonds. The van der Waals surface area contributed by atoms with Gasteiger partial charge in [-0.1, -0.05) is 26.7 Å². The molecule has 0 aromatic heterocycles. The number of nitrogens with one attached hydrogen (secondary N) is 1. The van der Waals surface area contributed by atoms with E-state index in [1.54, 1.807) is 0 Å². The molecule has 1 fully saturated rings. The molecular formula is C11H23NO3. The summed E-state index contributed by atoms with van der Waals surface area (Å²) in [6.07, 6.45) is 1.22. The van der Waals surface area contributed by atoms with E-state index in [4.69, 9.17) is 4.74 Å². The Morgan fingerprint density at radius 3 is 2.47 bits per heavy atom. The summed E-state index contributed by atoms with van der Waals surface area (Å²) in [4.78, 5) is 0. The van der Waals surface area contributed by atoms with E-state index < -0.39 is 6.10 Å². The fourth-order valence-electron chi connectivity index (χ4n) is 2.01. The molecule has 0 bridgehead atoms. The van der Waals surface area contributed by atoms with Crippen molar-refractivity contribution in [1.29, 1.82) is 0 Å². The predicted molar refractivity (Wildman–Crippen MR) is 58.7 cm³/mol. The molecular weight excluding hydrogens is 194 g/mol. The molecule has 0 spiro atoms. The minimum absolute atomic E-state index is 0.0194. The average molecular weight is 217 g/mol. The monoisotopic (exact) mass is 217 g/mol. The van der Waals surface area contributed by atoms with Crippen molar-refractivity contribution in [3.8, 4) is 0 Å². The van der Waals surface area contributed by atoms with Crippen molar-refractivity contribution in [2.24, 2.45) is 5.92 Å². The summed E-state index contributed by atoms with van der Waals surface area (Å²) in [6.45, 7) is 5.66. The van der Waals surface area contributed by atoms with Gasteiger partial charge in [0.2, 0.25) is 0 Å². The molecule has 1 aliphatic heterocycles. The molecule has 0 saturated carbocycles. The Hall–Kier alpha value is -0.160. The molecule has 1 saturated heterocycles. The van der Waals surface area contributed by atoms with Crippen LogP contribution >= 0.6 is 0 Å². The van der Waals surface area contributed by atoms with Crippen molar-refractivity contribution in [2.75, 3.05) is 19.8 Å². The van der Waals surface area contributed by atoms with Crippen LogP contribution in [0.5, 0.6) is 0 Å². The third-order valence-corrected chi connectivity index (χ3v) is 3.23. The molecule has 0 aromatic rings. The highest BCUT2D eigenvalue weighted by Crippen LogP contribution is 2.13. The van der Waals surface area contributed by atoms with E-state index in [1.807, 2.05) is 0 Å². The van der Waals surface area contributed by atoms with Crippen LogP contribution in [0.3, 0.4) is 0 Å². The highest BCUT2D eigenvalue weighted by atomic mass is 16.5. The van der Waals surface area contributed by atoms with Gasteiger partial charge in [0.05, 0.1) is 31.5 Å². The zero-order valence-electron chi connectivity index (χ0n) is 9.65. The summed E-state index contributed by atoms with van der Waals surface area (Å²) >= 11 is 0. The lowest BCUT2D eigenvalue weighted by molar-refractivity contribution is 0.0887. The number of aliphatic hydroxyl groups is 2. The molecule has 3 unspecified atom stereocenters. The van der Waals surface area contributed by atoms with Crippen LogP contribution in [0.1, 0.15) is 26.7 Å². The van der Waals surface area contributed by atoms with Crippen LogP contribution in [0.4, 0.5) is 0 Å². The molecule has 1 heterocycles. The van der Waals surface area contributed by atoms with Crippen molar-refractivity contribution in [1.82, 2.24) is 5.32 Å². The third-order valence-electron chi connectivity index (χ3n) is 3.23. The first-order valence-corrected chi connectivity index (χ1v) is 5.86. The Kier molecular flexibility index (Phi) is 5.53. The first-order valence-electron chi connectivity index (χ1n) is 5.86. The van der Waals surface area contributed by atoms with Crippen LogP contribution in [0.25, 0.3) is 0 Å². The highest BCUT2D eigenvalue weighted by molar-refractivity contribution is 4.82. The maximum Gasteiger partial charge on any atom is 0.0948 e. The first-order chi connectivity index (χ1) is 7.19. The summed E-state index contributed by atoms with van der Waals surface area (Å²) < 4.78 is 5.12. The molecule has 3 atom stereocenters. The minimum atomic E-state index is -0.432. The SMILES string of the molecule is CCC(CC)C(O)CNC1COCC1O. The Bertz CT molecular complexity index is 173. The van der Waals surface area contributed by atoms with Gasteiger partial charge in [0, 0.05) is 6.54 Å². The lowest BCUT2D eigenvalue weighted by atomic mass is 9.96. The van der Waals surface area contributed by atoms with E-state index in [9.17, 15) is 10.2 Å². The second-order valence-electron chi connectivity index (χ2n) is 4.26. The molecule has 15 heavy (non-hydrogen) atoms. The van der Waals surface area contributed by atoms with Gasteiger partial charge >= 0.3 is 0 Å². The summed E-state index contributed by atoms with van der Waals surface area (Å²) in [6, 6.07) is -0.0194. The van der Waals surface area contributed by atoms with Gasteiger partial charge in [0.1, 0.15) is 0 Å². The van der Waals surface area contributed by atoms with E-state index in [-0.39, 0.29) is 12.1 Å². The van der Waals surface area contributed by atoms with Crippen LogP contribution in [0.15, 0.2) is 0 Å². The van der Waals surface area contributed by atoms with Crippen LogP contribution < -0.4 is 5.32 Å². The van der Waals surface area contributed by atoms with Crippen molar-refractivity contribution in [3.05, 3.63) is 0 Å². The molecule has 0 radical (unpaired) electrons. The molecule has 90 valence electrons. The normalized spacial score (nSPS) is 28.6. The molecule has 3 N–H and O–H groups in total. The molecule has 0 aromatic carbocycles. The number of hydrogen-bond acceptors (Lipinski definition) is 4. The van der Waals surface area contributed by atoms with Crippen LogP contribution in [-0.2, 0) is 4.74 Å². The van der Waals surface area contributed by atoms with Crippen molar-refractivity contribution in [2.45, 2.75) is 44.9 Å². The van der Waals surface area contributed by atoms with Gasteiger partial charge in [0.25, 0.3) is 0 Å². The maximum atomic E-state index is 9.87. The van der Waals surface area contributed by atoms with Crippen molar-refractivity contribution in [3.63, 3.8) is 0 Å². The van der Waals surface area contributed by atoms with Crippen LogP contribution in [0, 0.1) is 5.92 Å². The standard InChI is InChI=1S/C11H23NO3/c1-3-8(4-2)10(13)5-12-9-6-15-7-11(9)14/h8-14H,3-7H2,1-2H3. The second-order valence-corrected chi connectivity index (χ2v) is 4.26. The zero-order chi connectivity index (χ0) is 11.3. The Morgan fingerprint density at radius 2 is 2.00 bits per heavy atom. The Morgan fingerprint density at radius 1 is 1.33 bits per heavy atom. The van der Waals surface area contributed by atoms with Gasteiger partial charge in [-0.3, -0.25) is 0 Å². The molecule has 4 heteroatoms. The average Bonchev–Trinajstić information content (AvgIpc) is 2.63. The van der Waals surface area contributed by atoms with Crippen LogP contribution in [-0.4, -0.2) is 48.2 Å². The van der Waals surface area contributed by atoms with Gasteiger partial charge in [-0.15, -0.1) is 0 Å². The molecule has 1 rings (SSSR count). The maximum absolute atomic E-state index is 9.87. The molecule has 0 aliphatic carbocycles. The molecule has 1 aliphatic rings. The fraction of sp³-hybridized carbons (Fsp3) is 1.00. The lowest BCUT2D eigenvalue weighted by Gasteiger charge is -2.23. The Balaban J connectivity index is 2.23. The fourth-order valence-corrected chi connectivity index (χ4v) is 2.01.